The molecule has 0 radical (unpaired) electrons. The summed E-state index contributed by atoms with van der Waals surface area (Å²) in [5.41, 5.74) is 1.17. The fourth-order valence-electron chi connectivity index (χ4n) is 2.33. The lowest BCUT2D eigenvalue weighted by atomic mass is 10.0. The topological polar surface area (TPSA) is 136 Å². The van der Waals surface area contributed by atoms with E-state index >= 15 is 0 Å². The van der Waals surface area contributed by atoms with Gasteiger partial charge in [0.1, 0.15) is 6.61 Å². The van der Waals surface area contributed by atoms with Gasteiger partial charge >= 0.3 is 23.9 Å². The van der Waals surface area contributed by atoms with Crippen LogP contribution in [0.2, 0.25) is 0 Å². The average Bonchev–Trinajstić information content (AvgIpc) is 3.04. The van der Waals surface area contributed by atoms with E-state index in [1.54, 1.807) is 0 Å². The molecule has 43 heavy (non-hydrogen) atoms. The third-order valence-corrected chi connectivity index (χ3v) is 4.79. The Balaban J connectivity index is -0.000000228. The number of aliphatic hydroxyl groups excluding tert-OH is 1. The van der Waals surface area contributed by atoms with Crippen LogP contribution in [0.25, 0.3) is 6.08 Å². The van der Waals surface area contributed by atoms with Gasteiger partial charge in [-0.25, -0.2) is 19.2 Å². The summed E-state index contributed by atoms with van der Waals surface area (Å²) in [5.74, 6) is -1.61. The predicted octanol–water partition coefficient (Wildman–Crippen LogP) is 6.74. The molecule has 0 bridgehead atoms. The Kier molecular flexibility index (Phi) is 40.2. The summed E-state index contributed by atoms with van der Waals surface area (Å²) in [4.78, 5) is 40.5. The maximum atomic E-state index is 10.8. The van der Waals surface area contributed by atoms with Gasteiger partial charge < -0.3 is 24.4 Å². The van der Waals surface area contributed by atoms with Gasteiger partial charge in [0.05, 0.1) is 19.8 Å². The first-order chi connectivity index (χ1) is 20.6. The Hall–Kier alpha value is -4.24. The number of unbranched alkanes of at least 4 members (excludes halogenated alkanes) is 2. The normalized spacial score (nSPS) is 9.30. The lowest BCUT2D eigenvalue weighted by molar-refractivity contribution is -0.139. The number of rotatable bonds is 16. The van der Waals surface area contributed by atoms with Crippen molar-refractivity contribution >= 4 is 30.0 Å². The molecule has 0 spiro atoms. The van der Waals surface area contributed by atoms with Crippen LogP contribution in [-0.2, 0) is 33.4 Å². The molecular formula is C34H52O9. The minimum atomic E-state index is -0.981. The Labute approximate surface area is 258 Å². The van der Waals surface area contributed by atoms with Crippen LogP contribution in [0.5, 0.6) is 0 Å². The van der Waals surface area contributed by atoms with Gasteiger partial charge in [0, 0.05) is 24.3 Å². The maximum absolute atomic E-state index is 10.8. The molecule has 0 aromatic heterocycles. The van der Waals surface area contributed by atoms with Crippen molar-refractivity contribution in [2.75, 3.05) is 26.4 Å². The number of esters is 3. The second-order valence-corrected chi connectivity index (χ2v) is 8.23. The van der Waals surface area contributed by atoms with Gasteiger partial charge in [-0.15, -0.1) is 0 Å². The molecule has 0 fully saturated rings. The molecule has 0 amide bonds. The summed E-state index contributed by atoms with van der Waals surface area (Å²) in [5, 5.41) is 15.7. The van der Waals surface area contributed by atoms with Gasteiger partial charge in [-0.1, -0.05) is 116 Å². The molecular weight excluding hydrogens is 552 g/mol. The molecule has 1 rings (SSSR count). The Morgan fingerprint density at radius 2 is 1.21 bits per heavy atom. The molecule has 0 heterocycles. The fraction of sp³-hybridized carbons (Fsp3) is 0.412. The highest BCUT2D eigenvalue weighted by molar-refractivity contribution is 5.81. The van der Waals surface area contributed by atoms with E-state index in [-0.39, 0.29) is 25.2 Å². The van der Waals surface area contributed by atoms with E-state index in [2.05, 4.69) is 56.2 Å². The maximum Gasteiger partial charge on any atom is 0.330 e. The van der Waals surface area contributed by atoms with Crippen LogP contribution >= 0.6 is 0 Å². The minimum Gasteiger partial charge on any atom is -0.478 e. The van der Waals surface area contributed by atoms with E-state index in [1.807, 2.05) is 43.3 Å². The number of aliphatic hydroxyl groups is 1. The van der Waals surface area contributed by atoms with Crippen molar-refractivity contribution in [3.05, 3.63) is 93.1 Å². The summed E-state index contributed by atoms with van der Waals surface area (Å²) >= 11 is 0. The summed E-state index contributed by atoms with van der Waals surface area (Å²) < 4.78 is 14.0. The van der Waals surface area contributed by atoms with Gasteiger partial charge in [-0.3, -0.25) is 0 Å². The largest absolute Gasteiger partial charge is 0.478 e. The van der Waals surface area contributed by atoms with Crippen molar-refractivity contribution in [1.82, 2.24) is 0 Å². The zero-order valence-electron chi connectivity index (χ0n) is 26.2. The highest BCUT2D eigenvalue weighted by Gasteiger charge is 2.07. The van der Waals surface area contributed by atoms with Crippen LogP contribution in [0.1, 0.15) is 64.9 Å². The summed E-state index contributed by atoms with van der Waals surface area (Å²) in [6.45, 7) is 23.7. The van der Waals surface area contributed by atoms with Gasteiger partial charge in [0.25, 0.3) is 0 Å². The van der Waals surface area contributed by atoms with E-state index < -0.39 is 11.9 Å². The molecule has 0 saturated carbocycles. The summed E-state index contributed by atoms with van der Waals surface area (Å²) in [6.07, 6.45) is 12.7. The number of aliphatic carboxylic acids is 1. The van der Waals surface area contributed by atoms with E-state index in [4.69, 9.17) is 14.9 Å². The number of hydrogen-bond donors (Lipinski definition) is 2. The van der Waals surface area contributed by atoms with Crippen molar-refractivity contribution in [3.63, 3.8) is 0 Å². The molecule has 242 valence electrons. The zero-order chi connectivity index (χ0) is 33.7. The molecule has 2 N–H and O–H groups in total. The van der Waals surface area contributed by atoms with Crippen LogP contribution in [-0.4, -0.2) is 60.5 Å². The standard InChI is InChI=1S/C11H20O2.C8H8.C7H12O2.C5H8O3.C3H4O2/c1-4-7-8-10(5-2)9-13-11(12)6-3;1-2-8-6-4-3-5-7-8;1-3-5-6-9-7(8)4-2;1-2-5(7)8-4-3-6;1-2-3(4)5/h6,10H,3-5,7-9H2,1-2H3;2-7H,1H2;4H,2-3,5-6H2,1H3;2,6H,1,3-4H2;2H,1H2,(H,4,5). The van der Waals surface area contributed by atoms with E-state index in [0.717, 1.165) is 37.8 Å². The number of hydrogen-bond acceptors (Lipinski definition) is 8. The van der Waals surface area contributed by atoms with Gasteiger partial charge in [0.2, 0.25) is 0 Å². The molecule has 9 heteroatoms. The first kappa shape index (κ1) is 45.7. The second kappa shape index (κ2) is 37.8. The molecule has 0 aliphatic rings. The van der Waals surface area contributed by atoms with Crippen LogP contribution in [0.3, 0.4) is 0 Å². The monoisotopic (exact) mass is 604 g/mol. The Bertz CT molecular complexity index is 892. The quantitative estimate of drug-likeness (QED) is 0.0909. The lowest BCUT2D eigenvalue weighted by Gasteiger charge is -2.13. The molecule has 0 aliphatic carbocycles. The fourth-order valence-corrected chi connectivity index (χ4v) is 2.33. The molecule has 1 unspecified atom stereocenters. The summed E-state index contributed by atoms with van der Waals surface area (Å²) in [7, 11) is 0. The van der Waals surface area contributed by atoms with Crippen LogP contribution in [0.4, 0.5) is 0 Å². The number of carboxylic acid groups (broad SMARTS) is 1. The minimum absolute atomic E-state index is 0.0465. The molecule has 1 aromatic carbocycles. The van der Waals surface area contributed by atoms with Crippen LogP contribution in [0, 0.1) is 5.92 Å². The van der Waals surface area contributed by atoms with Gasteiger partial charge in [-0.05, 0) is 24.3 Å². The highest BCUT2D eigenvalue weighted by atomic mass is 16.5. The molecule has 1 aromatic rings. The van der Waals surface area contributed by atoms with E-state index in [1.165, 1.54) is 30.6 Å². The first-order valence-electron chi connectivity index (χ1n) is 14.1. The van der Waals surface area contributed by atoms with E-state index in [0.29, 0.717) is 19.1 Å². The SMILES string of the molecule is C=CC(=O)O.C=CC(=O)OCC(CC)CCCC.C=CC(=O)OCCCC.C=CC(=O)OCCO.C=Cc1ccccc1. The van der Waals surface area contributed by atoms with Gasteiger partial charge in [-0.2, -0.15) is 0 Å². The van der Waals surface area contributed by atoms with Crippen molar-refractivity contribution in [2.45, 2.75) is 59.3 Å². The number of carbonyl (C=O) groups excluding carboxylic acids is 3. The molecule has 1 atom stereocenters. The van der Waals surface area contributed by atoms with Crippen LogP contribution in [0.15, 0.2) is 87.5 Å². The molecule has 9 nitrogen and oxygen atoms in total. The summed E-state index contributed by atoms with van der Waals surface area (Å²) in [6, 6.07) is 10.0. The Morgan fingerprint density at radius 1 is 0.744 bits per heavy atom. The zero-order valence-corrected chi connectivity index (χ0v) is 26.2. The third kappa shape index (κ3) is 42.4. The van der Waals surface area contributed by atoms with E-state index in [9.17, 15) is 19.2 Å². The molecule has 0 saturated heterocycles. The number of carbonyl (C=O) groups is 4. The average molecular weight is 605 g/mol. The first-order valence-corrected chi connectivity index (χ1v) is 14.1. The van der Waals surface area contributed by atoms with Gasteiger partial charge in [0.15, 0.2) is 0 Å². The van der Waals surface area contributed by atoms with Crippen LogP contribution < -0.4 is 0 Å². The Morgan fingerprint density at radius 3 is 1.56 bits per heavy atom. The smallest absolute Gasteiger partial charge is 0.330 e. The highest BCUT2D eigenvalue weighted by Crippen LogP contribution is 2.12. The van der Waals surface area contributed by atoms with Crippen molar-refractivity contribution < 1.29 is 43.6 Å². The second-order valence-electron chi connectivity index (χ2n) is 8.23. The van der Waals surface area contributed by atoms with Crippen molar-refractivity contribution in [3.8, 4) is 0 Å². The third-order valence-electron chi connectivity index (χ3n) is 4.79. The lowest BCUT2D eigenvalue weighted by Crippen LogP contribution is -2.12. The number of benzene rings is 1. The number of carboxylic acids is 1. The molecule has 0 aliphatic heterocycles. The van der Waals surface area contributed by atoms with Crippen molar-refractivity contribution in [1.29, 1.82) is 0 Å². The van der Waals surface area contributed by atoms with Crippen molar-refractivity contribution in [2.24, 2.45) is 5.92 Å². The predicted molar refractivity (Wildman–Crippen MR) is 173 cm³/mol. The number of ether oxygens (including phenoxy) is 3.